The van der Waals surface area contributed by atoms with Gasteiger partial charge in [0.2, 0.25) is 15.9 Å². The number of ether oxygens (including phenoxy) is 1. The molecule has 32 heavy (non-hydrogen) atoms. The third kappa shape index (κ3) is 6.59. The first-order valence-electron chi connectivity index (χ1n) is 10.3. The van der Waals surface area contributed by atoms with Crippen LogP contribution in [0.5, 0.6) is 5.75 Å². The van der Waals surface area contributed by atoms with Gasteiger partial charge < -0.3 is 10.1 Å². The van der Waals surface area contributed by atoms with Crippen LogP contribution in [0.2, 0.25) is 0 Å². The summed E-state index contributed by atoms with van der Waals surface area (Å²) in [5, 5.41) is 2.79. The molecule has 1 amide bonds. The van der Waals surface area contributed by atoms with Crippen LogP contribution in [0.25, 0.3) is 0 Å². The van der Waals surface area contributed by atoms with Crippen LogP contribution in [0.3, 0.4) is 0 Å². The average molecular weight is 453 g/mol. The number of para-hydroxylation sites is 1. The Balaban J connectivity index is 1.55. The van der Waals surface area contributed by atoms with Gasteiger partial charge >= 0.3 is 0 Å². The second kappa shape index (κ2) is 10.3. The highest BCUT2D eigenvalue weighted by Gasteiger charge is 2.21. The van der Waals surface area contributed by atoms with Crippen LogP contribution in [0, 0.1) is 13.8 Å². The maximum absolute atomic E-state index is 12.5. The van der Waals surface area contributed by atoms with Gasteiger partial charge in [-0.25, -0.2) is 8.42 Å². The van der Waals surface area contributed by atoms with Gasteiger partial charge in [0.1, 0.15) is 18.9 Å². The zero-order chi connectivity index (χ0) is 23.1. The molecule has 0 heterocycles. The number of nitrogens with zero attached hydrogens (tertiary/aromatic N) is 1. The fourth-order valence-corrected chi connectivity index (χ4v) is 4.20. The smallest absolute Gasteiger partial charge is 0.241 e. The quantitative estimate of drug-likeness (QED) is 0.533. The van der Waals surface area contributed by atoms with Gasteiger partial charge in [0.25, 0.3) is 0 Å². The van der Waals surface area contributed by atoms with Crippen molar-refractivity contribution in [2.75, 3.05) is 17.1 Å². The normalized spacial score (nSPS) is 11.1. The SMILES string of the molecule is Cc1cccc(COc2ccc(CNC(=O)CN(c3ccccc3C)S(C)(=O)=O)cc2)c1. The molecule has 0 radical (unpaired) electrons. The predicted molar refractivity (Wildman–Crippen MR) is 127 cm³/mol. The molecule has 0 aliphatic carbocycles. The van der Waals surface area contributed by atoms with Crippen molar-refractivity contribution in [2.24, 2.45) is 0 Å². The summed E-state index contributed by atoms with van der Waals surface area (Å²) in [5.74, 6) is 0.364. The molecule has 3 rings (SSSR count). The molecule has 0 bridgehead atoms. The fourth-order valence-electron chi connectivity index (χ4n) is 3.28. The molecule has 3 aromatic rings. The lowest BCUT2D eigenvalue weighted by Crippen LogP contribution is -2.40. The number of hydrogen-bond donors (Lipinski definition) is 1. The molecule has 0 aliphatic heterocycles. The Morgan fingerprint density at radius 3 is 2.31 bits per heavy atom. The highest BCUT2D eigenvalue weighted by Crippen LogP contribution is 2.21. The molecule has 168 valence electrons. The van der Waals surface area contributed by atoms with E-state index in [1.54, 1.807) is 12.1 Å². The number of amides is 1. The summed E-state index contributed by atoms with van der Waals surface area (Å²) in [6.45, 7) is 4.36. The molecule has 0 aliphatic rings. The van der Waals surface area contributed by atoms with Crippen LogP contribution in [0.4, 0.5) is 5.69 Å². The topological polar surface area (TPSA) is 75.7 Å². The van der Waals surface area contributed by atoms with Crippen molar-refractivity contribution in [2.45, 2.75) is 27.0 Å². The summed E-state index contributed by atoms with van der Waals surface area (Å²) in [7, 11) is -3.60. The Morgan fingerprint density at radius 1 is 0.938 bits per heavy atom. The minimum Gasteiger partial charge on any atom is -0.489 e. The number of anilines is 1. The van der Waals surface area contributed by atoms with E-state index in [0.717, 1.165) is 33.0 Å². The van der Waals surface area contributed by atoms with Crippen molar-refractivity contribution in [3.05, 3.63) is 95.1 Å². The lowest BCUT2D eigenvalue weighted by molar-refractivity contribution is -0.119. The Morgan fingerprint density at radius 2 is 1.66 bits per heavy atom. The lowest BCUT2D eigenvalue weighted by Gasteiger charge is -2.23. The number of benzene rings is 3. The summed E-state index contributed by atoms with van der Waals surface area (Å²) in [4.78, 5) is 12.5. The summed E-state index contributed by atoms with van der Waals surface area (Å²) < 4.78 is 31.4. The first kappa shape index (κ1) is 23.3. The van der Waals surface area contributed by atoms with Crippen molar-refractivity contribution in [1.29, 1.82) is 0 Å². The Kier molecular flexibility index (Phi) is 7.53. The van der Waals surface area contributed by atoms with Crippen molar-refractivity contribution < 1.29 is 17.9 Å². The van der Waals surface area contributed by atoms with Crippen molar-refractivity contribution >= 4 is 21.6 Å². The molecule has 6 nitrogen and oxygen atoms in total. The van der Waals surface area contributed by atoms with Crippen LogP contribution in [-0.4, -0.2) is 27.1 Å². The molecule has 0 saturated heterocycles. The van der Waals surface area contributed by atoms with E-state index in [-0.39, 0.29) is 12.5 Å². The number of carbonyl (C=O) groups is 1. The van der Waals surface area contributed by atoms with Gasteiger partial charge in [-0.15, -0.1) is 0 Å². The summed E-state index contributed by atoms with van der Waals surface area (Å²) in [6, 6.07) is 22.7. The van der Waals surface area contributed by atoms with Gasteiger partial charge in [0.15, 0.2) is 0 Å². The fraction of sp³-hybridized carbons (Fsp3) is 0.240. The molecule has 0 aromatic heterocycles. The van der Waals surface area contributed by atoms with Crippen molar-refractivity contribution in [1.82, 2.24) is 5.32 Å². The number of nitrogens with one attached hydrogen (secondary N) is 1. The molecular formula is C25H28N2O4S. The molecule has 0 fully saturated rings. The first-order chi connectivity index (χ1) is 15.2. The van der Waals surface area contributed by atoms with E-state index in [9.17, 15) is 13.2 Å². The first-order valence-corrected chi connectivity index (χ1v) is 12.1. The maximum atomic E-state index is 12.5. The highest BCUT2D eigenvalue weighted by atomic mass is 32.2. The third-order valence-electron chi connectivity index (χ3n) is 4.97. The molecule has 0 unspecified atom stereocenters. The standard InChI is InChI=1S/C25H28N2O4S/c1-19-7-6-9-22(15-19)18-31-23-13-11-21(12-14-23)16-26-25(28)17-27(32(3,29)30)24-10-5-4-8-20(24)2/h4-15H,16-18H2,1-3H3,(H,26,28). The lowest BCUT2D eigenvalue weighted by atomic mass is 10.1. The van der Waals surface area contributed by atoms with Gasteiger partial charge in [0, 0.05) is 6.54 Å². The van der Waals surface area contributed by atoms with Gasteiger partial charge in [0.05, 0.1) is 11.9 Å². The number of sulfonamides is 1. The van der Waals surface area contributed by atoms with Gasteiger partial charge in [-0.3, -0.25) is 9.10 Å². The second-order valence-corrected chi connectivity index (χ2v) is 9.66. The monoisotopic (exact) mass is 452 g/mol. The van der Waals surface area contributed by atoms with Crippen molar-refractivity contribution in [3.8, 4) is 5.75 Å². The molecule has 0 saturated carbocycles. The van der Waals surface area contributed by atoms with Crippen LogP contribution >= 0.6 is 0 Å². The number of rotatable bonds is 9. The number of carbonyl (C=O) groups excluding carboxylic acids is 1. The second-order valence-electron chi connectivity index (χ2n) is 7.75. The molecule has 7 heteroatoms. The molecule has 0 atom stereocenters. The molecular weight excluding hydrogens is 424 g/mol. The Hall–Kier alpha value is -3.32. The van der Waals surface area contributed by atoms with E-state index in [0.29, 0.717) is 18.8 Å². The third-order valence-corrected chi connectivity index (χ3v) is 6.10. The van der Waals surface area contributed by atoms with Gasteiger partial charge in [-0.05, 0) is 48.7 Å². The van der Waals surface area contributed by atoms with E-state index in [2.05, 4.69) is 11.4 Å². The van der Waals surface area contributed by atoms with E-state index in [4.69, 9.17) is 4.74 Å². The van der Waals surface area contributed by atoms with Crippen LogP contribution in [0.1, 0.15) is 22.3 Å². The van der Waals surface area contributed by atoms with E-state index < -0.39 is 10.0 Å². The summed E-state index contributed by atoms with van der Waals surface area (Å²) >= 11 is 0. The highest BCUT2D eigenvalue weighted by molar-refractivity contribution is 7.92. The Labute approximate surface area is 189 Å². The van der Waals surface area contributed by atoms with E-state index in [1.807, 2.05) is 68.4 Å². The molecule has 1 N–H and O–H groups in total. The number of aryl methyl sites for hydroxylation is 2. The molecule has 0 spiro atoms. The molecule has 3 aromatic carbocycles. The van der Waals surface area contributed by atoms with E-state index in [1.165, 1.54) is 5.56 Å². The van der Waals surface area contributed by atoms with Crippen LogP contribution in [0.15, 0.2) is 72.8 Å². The maximum Gasteiger partial charge on any atom is 0.241 e. The number of hydrogen-bond acceptors (Lipinski definition) is 4. The van der Waals surface area contributed by atoms with Crippen LogP contribution in [-0.2, 0) is 28.0 Å². The zero-order valence-electron chi connectivity index (χ0n) is 18.5. The minimum absolute atomic E-state index is 0.276. The predicted octanol–water partition coefficient (Wildman–Crippen LogP) is 3.96. The Bertz CT molecular complexity index is 1170. The minimum atomic E-state index is -3.60. The average Bonchev–Trinajstić information content (AvgIpc) is 2.75. The van der Waals surface area contributed by atoms with Gasteiger partial charge in [-0.2, -0.15) is 0 Å². The zero-order valence-corrected chi connectivity index (χ0v) is 19.4. The van der Waals surface area contributed by atoms with Crippen LogP contribution < -0.4 is 14.4 Å². The largest absolute Gasteiger partial charge is 0.489 e. The van der Waals surface area contributed by atoms with Gasteiger partial charge in [-0.1, -0.05) is 60.2 Å². The summed E-state index contributed by atoms with van der Waals surface area (Å²) in [5.41, 5.74) is 4.47. The summed E-state index contributed by atoms with van der Waals surface area (Å²) in [6.07, 6.45) is 1.10. The van der Waals surface area contributed by atoms with E-state index >= 15 is 0 Å². The van der Waals surface area contributed by atoms with Crippen molar-refractivity contribution in [3.63, 3.8) is 0 Å².